The number of fused-ring (bicyclic) bond motifs is 1. The van der Waals surface area contributed by atoms with Gasteiger partial charge in [-0.05, 0) is 24.6 Å². The molecule has 0 unspecified atom stereocenters. The van der Waals surface area contributed by atoms with Crippen LogP contribution in [0.1, 0.15) is 5.56 Å². The molecular formula is C9H9N3. The Morgan fingerprint density at radius 1 is 1.25 bits per heavy atom. The highest BCUT2D eigenvalue weighted by Crippen LogP contribution is 2.16. The van der Waals surface area contributed by atoms with E-state index in [1.807, 2.05) is 31.2 Å². The van der Waals surface area contributed by atoms with E-state index in [9.17, 15) is 0 Å². The molecule has 3 heteroatoms. The largest absolute Gasteiger partial charge is 0.382 e. The Kier molecular flexibility index (Phi) is 1.43. The molecule has 0 bridgehead atoms. The van der Waals surface area contributed by atoms with Gasteiger partial charge in [0.15, 0.2) is 0 Å². The Balaban J connectivity index is 2.88. The smallest absolute Gasteiger partial charge is 0.146 e. The molecule has 0 saturated carbocycles. The van der Waals surface area contributed by atoms with Crippen LogP contribution < -0.4 is 5.73 Å². The highest BCUT2D eigenvalue weighted by atomic mass is 15.1. The van der Waals surface area contributed by atoms with Gasteiger partial charge in [0.25, 0.3) is 0 Å². The number of anilines is 1. The molecule has 1 aromatic heterocycles. The fraction of sp³-hybridized carbons (Fsp3) is 0.111. The van der Waals surface area contributed by atoms with Crippen molar-refractivity contribution in [2.75, 3.05) is 5.73 Å². The summed E-state index contributed by atoms with van der Waals surface area (Å²) in [4.78, 5) is 0. The monoisotopic (exact) mass is 159 g/mol. The molecule has 0 radical (unpaired) electrons. The number of aryl methyl sites for hydroxylation is 1. The lowest BCUT2D eigenvalue weighted by atomic mass is 10.1. The lowest BCUT2D eigenvalue weighted by Crippen LogP contribution is -1.93. The first-order valence-corrected chi connectivity index (χ1v) is 3.76. The molecule has 0 atom stereocenters. The minimum Gasteiger partial charge on any atom is -0.382 e. The van der Waals surface area contributed by atoms with Gasteiger partial charge in [0, 0.05) is 5.39 Å². The van der Waals surface area contributed by atoms with Gasteiger partial charge >= 0.3 is 0 Å². The van der Waals surface area contributed by atoms with Crippen LogP contribution in [-0.4, -0.2) is 10.2 Å². The Morgan fingerprint density at radius 2 is 2.08 bits per heavy atom. The summed E-state index contributed by atoms with van der Waals surface area (Å²) in [5.74, 6) is 0.469. The van der Waals surface area contributed by atoms with Gasteiger partial charge in [-0.2, -0.15) is 0 Å². The van der Waals surface area contributed by atoms with Crippen molar-refractivity contribution < 1.29 is 0 Å². The molecule has 0 fully saturated rings. The van der Waals surface area contributed by atoms with Crippen LogP contribution in [0.3, 0.4) is 0 Å². The van der Waals surface area contributed by atoms with Crippen LogP contribution in [-0.2, 0) is 0 Å². The second-order valence-corrected chi connectivity index (χ2v) is 2.78. The predicted octanol–water partition coefficient (Wildman–Crippen LogP) is 1.52. The van der Waals surface area contributed by atoms with Gasteiger partial charge in [0.2, 0.25) is 0 Å². The van der Waals surface area contributed by atoms with Gasteiger partial charge < -0.3 is 5.73 Å². The third-order valence-electron chi connectivity index (χ3n) is 1.87. The molecule has 0 aliphatic rings. The maximum Gasteiger partial charge on any atom is 0.146 e. The zero-order valence-electron chi connectivity index (χ0n) is 6.78. The highest BCUT2D eigenvalue weighted by molar-refractivity contribution is 5.83. The van der Waals surface area contributed by atoms with Crippen LogP contribution in [0.5, 0.6) is 0 Å². The SMILES string of the molecule is Cc1cccc2nnc(N)cc12. The van der Waals surface area contributed by atoms with Gasteiger partial charge in [-0.1, -0.05) is 12.1 Å². The van der Waals surface area contributed by atoms with Crippen molar-refractivity contribution >= 4 is 16.7 Å². The van der Waals surface area contributed by atoms with Crippen molar-refractivity contribution in [3.63, 3.8) is 0 Å². The predicted molar refractivity (Wildman–Crippen MR) is 48.7 cm³/mol. The molecular weight excluding hydrogens is 150 g/mol. The number of rotatable bonds is 0. The number of nitrogens with zero attached hydrogens (tertiary/aromatic N) is 2. The lowest BCUT2D eigenvalue weighted by Gasteiger charge is -1.99. The summed E-state index contributed by atoms with van der Waals surface area (Å²) in [7, 11) is 0. The first-order valence-electron chi connectivity index (χ1n) is 3.76. The maximum atomic E-state index is 5.52. The van der Waals surface area contributed by atoms with Crippen molar-refractivity contribution in [2.24, 2.45) is 0 Å². The molecule has 2 rings (SSSR count). The van der Waals surface area contributed by atoms with E-state index < -0.39 is 0 Å². The van der Waals surface area contributed by atoms with Crippen molar-refractivity contribution in [1.29, 1.82) is 0 Å². The quantitative estimate of drug-likeness (QED) is 0.634. The molecule has 3 nitrogen and oxygen atoms in total. The Labute approximate surface area is 70.2 Å². The second-order valence-electron chi connectivity index (χ2n) is 2.78. The number of nitrogens with two attached hydrogens (primary N) is 1. The average Bonchev–Trinajstić information content (AvgIpc) is 2.07. The molecule has 2 N–H and O–H groups in total. The lowest BCUT2D eigenvalue weighted by molar-refractivity contribution is 1.09. The normalized spacial score (nSPS) is 10.4. The average molecular weight is 159 g/mol. The van der Waals surface area contributed by atoms with Crippen LogP contribution >= 0.6 is 0 Å². The number of nitrogen functional groups attached to an aromatic ring is 1. The van der Waals surface area contributed by atoms with Gasteiger partial charge in [-0.15, -0.1) is 10.2 Å². The van der Waals surface area contributed by atoms with Crippen LogP contribution in [0.25, 0.3) is 10.9 Å². The molecule has 60 valence electrons. The Bertz CT molecular complexity index is 423. The van der Waals surface area contributed by atoms with E-state index in [0.29, 0.717) is 5.82 Å². The summed E-state index contributed by atoms with van der Waals surface area (Å²) in [5, 5.41) is 8.82. The highest BCUT2D eigenvalue weighted by Gasteiger charge is 1.98. The Hall–Kier alpha value is -1.64. The summed E-state index contributed by atoms with van der Waals surface area (Å²) in [6.07, 6.45) is 0. The summed E-state index contributed by atoms with van der Waals surface area (Å²) < 4.78 is 0. The number of benzene rings is 1. The molecule has 12 heavy (non-hydrogen) atoms. The molecule has 0 aliphatic heterocycles. The fourth-order valence-electron chi connectivity index (χ4n) is 1.23. The third kappa shape index (κ3) is 0.993. The molecule has 0 amide bonds. The standard InChI is InChI=1S/C9H9N3/c1-6-3-2-4-8-7(6)5-9(10)12-11-8/h2-5H,1H3,(H2,10,12). The first-order chi connectivity index (χ1) is 5.77. The minimum atomic E-state index is 0.469. The van der Waals surface area contributed by atoms with Crippen molar-refractivity contribution in [3.05, 3.63) is 29.8 Å². The summed E-state index contributed by atoms with van der Waals surface area (Å²) in [6, 6.07) is 7.76. The third-order valence-corrected chi connectivity index (χ3v) is 1.87. The van der Waals surface area contributed by atoms with Crippen LogP contribution in [0.4, 0.5) is 5.82 Å². The van der Waals surface area contributed by atoms with E-state index in [4.69, 9.17) is 5.73 Å². The van der Waals surface area contributed by atoms with Crippen molar-refractivity contribution in [2.45, 2.75) is 6.92 Å². The fourth-order valence-corrected chi connectivity index (χ4v) is 1.23. The van der Waals surface area contributed by atoms with Crippen molar-refractivity contribution in [3.8, 4) is 0 Å². The molecule has 0 aliphatic carbocycles. The van der Waals surface area contributed by atoms with Gasteiger partial charge in [-0.25, -0.2) is 0 Å². The van der Waals surface area contributed by atoms with Crippen molar-refractivity contribution in [1.82, 2.24) is 10.2 Å². The summed E-state index contributed by atoms with van der Waals surface area (Å²) in [6.45, 7) is 2.03. The van der Waals surface area contributed by atoms with E-state index in [2.05, 4.69) is 10.2 Å². The number of hydrogen-bond donors (Lipinski definition) is 1. The first kappa shape index (κ1) is 7.03. The number of hydrogen-bond acceptors (Lipinski definition) is 3. The van der Waals surface area contributed by atoms with Gasteiger partial charge in [0.1, 0.15) is 5.82 Å². The zero-order chi connectivity index (χ0) is 8.55. The van der Waals surface area contributed by atoms with E-state index in [1.54, 1.807) is 0 Å². The molecule has 0 spiro atoms. The Morgan fingerprint density at radius 3 is 2.92 bits per heavy atom. The van der Waals surface area contributed by atoms with E-state index >= 15 is 0 Å². The molecule has 2 aromatic rings. The van der Waals surface area contributed by atoms with E-state index in [0.717, 1.165) is 10.9 Å². The van der Waals surface area contributed by atoms with Gasteiger partial charge in [0.05, 0.1) is 5.52 Å². The van der Waals surface area contributed by atoms with Gasteiger partial charge in [-0.3, -0.25) is 0 Å². The topological polar surface area (TPSA) is 51.8 Å². The summed E-state index contributed by atoms with van der Waals surface area (Å²) >= 11 is 0. The van der Waals surface area contributed by atoms with E-state index in [-0.39, 0.29) is 0 Å². The van der Waals surface area contributed by atoms with E-state index in [1.165, 1.54) is 5.56 Å². The molecule has 0 saturated heterocycles. The zero-order valence-corrected chi connectivity index (χ0v) is 6.78. The molecule has 1 aromatic carbocycles. The summed E-state index contributed by atoms with van der Waals surface area (Å²) in [5.41, 5.74) is 7.59. The van der Waals surface area contributed by atoms with Crippen LogP contribution in [0, 0.1) is 6.92 Å². The maximum absolute atomic E-state index is 5.52. The van der Waals surface area contributed by atoms with Crippen LogP contribution in [0.15, 0.2) is 24.3 Å². The minimum absolute atomic E-state index is 0.469. The second kappa shape index (κ2) is 2.44. The number of aromatic nitrogens is 2. The molecule has 1 heterocycles. The van der Waals surface area contributed by atoms with Crippen LogP contribution in [0.2, 0.25) is 0 Å².